The number of Topliss-reactive ketones (excluding diaryl/α,β-unsaturated/α-hetero) is 1. The van der Waals surface area contributed by atoms with E-state index in [1.54, 1.807) is 23.5 Å². The molecule has 5 aromatic rings. The molecule has 0 saturated carbocycles. The van der Waals surface area contributed by atoms with Crippen molar-refractivity contribution in [3.8, 4) is 22.6 Å². The number of aliphatic hydroxyl groups is 1. The van der Waals surface area contributed by atoms with Crippen LogP contribution >= 0.6 is 11.3 Å². The Morgan fingerprint density at radius 2 is 1.33 bits per heavy atom. The lowest BCUT2D eigenvalue weighted by Gasteiger charge is -2.34. The second-order valence-electron chi connectivity index (χ2n) is 11.6. The molecule has 43 heavy (non-hydrogen) atoms. The van der Waals surface area contributed by atoms with Crippen molar-refractivity contribution in [3.63, 3.8) is 0 Å². The number of hydrogen-bond donors (Lipinski definition) is 1. The molecule has 216 valence electrons. The molecule has 2 saturated heterocycles. The second kappa shape index (κ2) is 12.3. The van der Waals surface area contributed by atoms with Gasteiger partial charge in [0.1, 0.15) is 17.6 Å². The quantitative estimate of drug-likeness (QED) is 0.171. The van der Waals surface area contributed by atoms with E-state index in [2.05, 4.69) is 63.0 Å². The van der Waals surface area contributed by atoms with Gasteiger partial charge in [0.2, 0.25) is 0 Å². The molecular formula is C37H34N2O3S. The zero-order chi connectivity index (χ0) is 29.2. The van der Waals surface area contributed by atoms with E-state index < -0.39 is 6.10 Å². The van der Waals surface area contributed by atoms with Gasteiger partial charge in [-0.25, -0.2) is 0 Å². The van der Waals surface area contributed by atoms with Crippen molar-refractivity contribution in [2.75, 3.05) is 13.1 Å². The zero-order valence-corrected chi connectivity index (χ0v) is 24.7. The van der Waals surface area contributed by atoms with Gasteiger partial charge >= 0.3 is 0 Å². The lowest BCUT2D eigenvalue weighted by atomic mass is 9.99. The van der Waals surface area contributed by atoms with Crippen molar-refractivity contribution in [1.29, 1.82) is 0 Å². The normalized spacial score (nSPS) is 19.0. The molecule has 1 aromatic heterocycles. The van der Waals surface area contributed by atoms with Crippen LogP contribution in [0.1, 0.15) is 39.6 Å². The molecule has 5 nitrogen and oxygen atoms in total. The van der Waals surface area contributed by atoms with Gasteiger partial charge in [0.05, 0.1) is 0 Å². The molecule has 3 atom stereocenters. The van der Waals surface area contributed by atoms with Gasteiger partial charge in [-0.05, 0) is 75.3 Å². The molecule has 1 unspecified atom stereocenters. The highest BCUT2D eigenvalue weighted by Crippen LogP contribution is 2.34. The SMILES string of the molecule is O=C(c1ccccc1)C(O)c1ccc(CN2C[C@@H]3C[C@H]2CN3Cc2ccc(Oc3ccc(-c4ccsc4)cc3)cc2)cc1. The largest absolute Gasteiger partial charge is 0.457 e. The average molecular weight is 587 g/mol. The van der Waals surface area contributed by atoms with Gasteiger partial charge in [0.25, 0.3) is 0 Å². The molecule has 4 aromatic carbocycles. The van der Waals surface area contributed by atoms with Gasteiger partial charge < -0.3 is 9.84 Å². The van der Waals surface area contributed by atoms with E-state index in [1.807, 2.05) is 54.6 Å². The fraction of sp³-hybridized carbons (Fsp3) is 0.216. The summed E-state index contributed by atoms with van der Waals surface area (Å²) in [6.07, 6.45) is 0.0572. The van der Waals surface area contributed by atoms with Crippen LogP contribution < -0.4 is 4.74 Å². The van der Waals surface area contributed by atoms with Crippen molar-refractivity contribution in [1.82, 2.24) is 9.80 Å². The standard InChI is InChI=1S/C37H34N2O3S/c40-36(29-4-2-1-3-5-29)37(41)30-10-6-26(7-11-30)21-38-23-33-20-32(38)24-39(33)22-27-8-14-34(15-9-27)42-35-16-12-28(13-17-35)31-18-19-43-25-31/h1-19,25,32-33,37,41H,20-24H2/t32-,33-,37?/m0/s1. The van der Waals surface area contributed by atoms with Crippen molar-refractivity contribution in [2.24, 2.45) is 0 Å². The van der Waals surface area contributed by atoms with Gasteiger partial charge in [0, 0.05) is 43.8 Å². The molecule has 2 aliphatic heterocycles. The molecule has 7 rings (SSSR count). The molecule has 0 spiro atoms. The maximum Gasteiger partial charge on any atom is 0.195 e. The number of piperazine rings is 1. The minimum absolute atomic E-state index is 0.271. The molecule has 1 N–H and O–H groups in total. The minimum Gasteiger partial charge on any atom is -0.457 e. The number of carbonyl (C=O) groups excluding carboxylic acids is 1. The van der Waals surface area contributed by atoms with Crippen LogP contribution in [0.2, 0.25) is 0 Å². The van der Waals surface area contributed by atoms with Gasteiger partial charge in [-0.3, -0.25) is 14.6 Å². The second-order valence-corrected chi connectivity index (χ2v) is 12.3. The smallest absolute Gasteiger partial charge is 0.195 e. The summed E-state index contributed by atoms with van der Waals surface area (Å²) in [5.41, 5.74) is 6.11. The third-order valence-electron chi connectivity index (χ3n) is 8.71. The van der Waals surface area contributed by atoms with Crippen LogP contribution in [-0.2, 0) is 13.1 Å². The lowest BCUT2D eigenvalue weighted by Crippen LogP contribution is -2.45. The summed E-state index contributed by atoms with van der Waals surface area (Å²) in [4.78, 5) is 17.8. The first kappa shape index (κ1) is 27.7. The summed E-state index contributed by atoms with van der Waals surface area (Å²) in [5, 5.41) is 14.9. The highest BCUT2D eigenvalue weighted by Gasteiger charge is 2.42. The third kappa shape index (κ3) is 6.19. The topological polar surface area (TPSA) is 53.0 Å². The summed E-state index contributed by atoms with van der Waals surface area (Å²) >= 11 is 1.71. The van der Waals surface area contributed by atoms with Crippen LogP contribution in [-0.4, -0.2) is 45.9 Å². The number of rotatable bonds is 10. The Morgan fingerprint density at radius 3 is 1.88 bits per heavy atom. The minimum atomic E-state index is -1.14. The monoisotopic (exact) mass is 586 g/mol. The number of carbonyl (C=O) groups is 1. The highest BCUT2D eigenvalue weighted by molar-refractivity contribution is 7.08. The lowest BCUT2D eigenvalue weighted by molar-refractivity contribution is 0.0747. The van der Waals surface area contributed by atoms with Gasteiger partial charge in [-0.2, -0.15) is 11.3 Å². The van der Waals surface area contributed by atoms with E-state index in [-0.39, 0.29) is 5.78 Å². The molecule has 2 aliphatic rings. The molecule has 2 bridgehead atoms. The number of aliphatic hydroxyl groups excluding tert-OH is 1. The summed E-state index contributed by atoms with van der Waals surface area (Å²) in [7, 11) is 0. The van der Waals surface area contributed by atoms with Gasteiger partial charge in [-0.1, -0.05) is 78.9 Å². The van der Waals surface area contributed by atoms with E-state index in [9.17, 15) is 9.90 Å². The van der Waals surface area contributed by atoms with E-state index in [4.69, 9.17) is 4.74 Å². The first-order chi connectivity index (χ1) is 21.1. The Kier molecular flexibility index (Phi) is 7.92. The number of ether oxygens (including phenoxy) is 1. The van der Waals surface area contributed by atoms with Crippen LogP contribution in [0.5, 0.6) is 11.5 Å². The van der Waals surface area contributed by atoms with E-state index in [1.165, 1.54) is 28.7 Å². The van der Waals surface area contributed by atoms with Crippen LogP contribution in [0.3, 0.4) is 0 Å². The molecule has 0 radical (unpaired) electrons. The van der Waals surface area contributed by atoms with Crippen LogP contribution in [0.4, 0.5) is 0 Å². The summed E-state index contributed by atoms with van der Waals surface area (Å²) in [6, 6.07) is 36.8. The predicted octanol–water partition coefficient (Wildman–Crippen LogP) is 7.58. The summed E-state index contributed by atoms with van der Waals surface area (Å²) in [5.74, 6) is 1.42. The number of benzene rings is 4. The fourth-order valence-corrected chi connectivity index (χ4v) is 7.01. The Hall–Kier alpha value is -4.07. The maximum atomic E-state index is 12.6. The first-order valence-corrected chi connectivity index (χ1v) is 15.8. The number of hydrogen-bond acceptors (Lipinski definition) is 6. The Labute approximate surface area is 256 Å². The number of fused-ring (bicyclic) bond motifs is 2. The summed E-state index contributed by atoms with van der Waals surface area (Å²) < 4.78 is 6.10. The van der Waals surface area contributed by atoms with Crippen molar-refractivity contribution >= 4 is 17.1 Å². The predicted molar refractivity (Wildman–Crippen MR) is 171 cm³/mol. The van der Waals surface area contributed by atoms with E-state index in [0.717, 1.165) is 37.7 Å². The number of nitrogens with zero attached hydrogens (tertiary/aromatic N) is 2. The van der Waals surface area contributed by atoms with Crippen molar-refractivity contribution < 1.29 is 14.6 Å². The first-order valence-electron chi connectivity index (χ1n) is 14.8. The third-order valence-corrected chi connectivity index (χ3v) is 9.39. The molecule has 0 amide bonds. The zero-order valence-electron chi connectivity index (χ0n) is 23.9. The van der Waals surface area contributed by atoms with Crippen LogP contribution in [0, 0.1) is 0 Å². The fourth-order valence-electron chi connectivity index (χ4n) is 6.35. The molecule has 3 heterocycles. The highest BCUT2D eigenvalue weighted by atomic mass is 32.1. The maximum absolute atomic E-state index is 12.6. The number of likely N-dealkylation sites (tertiary alicyclic amines) is 2. The Morgan fingerprint density at radius 1 is 0.744 bits per heavy atom. The van der Waals surface area contributed by atoms with E-state index >= 15 is 0 Å². The molecule has 0 aliphatic carbocycles. The Bertz CT molecular complexity index is 1650. The Balaban J connectivity index is 0.896. The van der Waals surface area contributed by atoms with Crippen molar-refractivity contribution in [2.45, 2.75) is 37.7 Å². The van der Waals surface area contributed by atoms with E-state index in [0.29, 0.717) is 23.2 Å². The van der Waals surface area contributed by atoms with Crippen LogP contribution in [0.15, 0.2) is 120 Å². The molecule has 6 heteroatoms. The van der Waals surface area contributed by atoms with Gasteiger partial charge in [-0.15, -0.1) is 0 Å². The van der Waals surface area contributed by atoms with Crippen molar-refractivity contribution in [3.05, 3.63) is 142 Å². The molecule has 2 fully saturated rings. The number of thiophene rings is 1. The number of ketones is 1. The van der Waals surface area contributed by atoms with Gasteiger partial charge in [0.15, 0.2) is 5.78 Å². The van der Waals surface area contributed by atoms with Crippen LogP contribution in [0.25, 0.3) is 11.1 Å². The average Bonchev–Trinajstić information content (AvgIpc) is 3.81. The summed E-state index contributed by atoms with van der Waals surface area (Å²) in [6.45, 7) is 3.97. The molecular weight excluding hydrogens is 552 g/mol.